The van der Waals surface area contributed by atoms with Crippen molar-refractivity contribution in [1.82, 2.24) is 19.5 Å². The Bertz CT molecular complexity index is 1160. The van der Waals surface area contributed by atoms with Gasteiger partial charge in [-0.05, 0) is 30.7 Å². The van der Waals surface area contributed by atoms with Crippen LogP contribution in [0, 0.1) is 0 Å². The van der Waals surface area contributed by atoms with E-state index in [0.717, 1.165) is 40.8 Å². The Morgan fingerprint density at radius 2 is 1.83 bits per heavy atom. The standard InChI is InChI=1S/C22H21ClN4OS/c1-2-12-26(14-16-8-10-18(23)11-9-16)15-19-13-20(28)27-22(24-19)29-21(25-27)17-6-4-3-5-7-17/h3-11,13H,2,12,14-15H2,1H3. The molecule has 7 heteroatoms. The van der Waals surface area contributed by atoms with E-state index in [0.29, 0.717) is 11.5 Å². The van der Waals surface area contributed by atoms with E-state index < -0.39 is 0 Å². The number of halogens is 1. The highest BCUT2D eigenvalue weighted by Gasteiger charge is 2.13. The summed E-state index contributed by atoms with van der Waals surface area (Å²) in [6.45, 7) is 4.46. The Labute approximate surface area is 178 Å². The molecule has 0 atom stereocenters. The van der Waals surface area contributed by atoms with Crippen molar-refractivity contribution in [3.63, 3.8) is 0 Å². The SMILES string of the molecule is CCCN(Cc1ccc(Cl)cc1)Cc1cc(=O)n2nc(-c3ccccc3)sc2n1. The average Bonchev–Trinajstić information content (AvgIpc) is 3.15. The molecule has 0 N–H and O–H groups in total. The number of benzene rings is 2. The first kappa shape index (κ1) is 19.8. The summed E-state index contributed by atoms with van der Waals surface area (Å²) in [6, 6.07) is 19.3. The van der Waals surface area contributed by atoms with Crippen LogP contribution >= 0.6 is 22.9 Å². The highest BCUT2D eigenvalue weighted by molar-refractivity contribution is 7.19. The minimum Gasteiger partial charge on any atom is -0.293 e. The molecule has 0 radical (unpaired) electrons. The lowest BCUT2D eigenvalue weighted by Gasteiger charge is -2.21. The summed E-state index contributed by atoms with van der Waals surface area (Å²) in [5.74, 6) is 0. The molecule has 0 saturated heterocycles. The topological polar surface area (TPSA) is 50.5 Å². The molecule has 148 valence electrons. The van der Waals surface area contributed by atoms with E-state index in [1.54, 1.807) is 6.07 Å². The van der Waals surface area contributed by atoms with Gasteiger partial charge in [0.25, 0.3) is 5.56 Å². The predicted molar refractivity (Wildman–Crippen MR) is 118 cm³/mol. The van der Waals surface area contributed by atoms with Gasteiger partial charge in [-0.25, -0.2) is 4.98 Å². The third-order valence-corrected chi connectivity index (χ3v) is 5.77. The first-order valence-electron chi connectivity index (χ1n) is 9.54. The quantitative estimate of drug-likeness (QED) is 0.424. The third-order valence-electron chi connectivity index (χ3n) is 4.56. The Balaban J connectivity index is 1.60. The van der Waals surface area contributed by atoms with Gasteiger partial charge in [0, 0.05) is 29.7 Å². The first-order chi connectivity index (χ1) is 14.1. The first-order valence-corrected chi connectivity index (χ1v) is 10.7. The van der Waals surface area contributed by atoms with E-state index in [2.05, 4.69) is 16.9 Å². The van der Waals surface area contributed by atoms with Crippen LogP contribution in [0.25, 0.3) is 15.5 Å². The Morgan fingerprint density at radius 1 is 1.07 bits per heavy atom. The maximum atomic E-state index is 12.6. The van der Waals surface area contributed by atoms with Crippen LogP contribution in [-0.4, -0.2) is 26.0 Å². The van der Waals surface area contributed by atoms with Crippen molar-refractivity contribution < 1.29 is 0 Å². The molecule has 2 aromatic heterocycles. The molecule has 0 fully saturated rings. The lowest BCUT2D eigenvalue weighted by Crippen LogP contribution is -2.26. The minimum absolute atomic E-state index is 0.147. The van der Waals surface area contributed by atoms with Crippen molar-refractivity contribution >= 4 is 27.9 Å². The summed E-state index contributed by atoms with van der Waals surface area (Å²) in [5, 5.41) is 5.97. The second kappa shape index (κ2) is 8.86. The maximum absolute atomic E-state index is 12.6. The zero-order valence-electron chi connectivity index (χ0n) is 16.1. The summed E-state index contributed by atoms with van der Waals surface area (Å²) < 4.78 is 1.39. The fourth-order valence-corrected chi connectivity index (χ4v) is 4.30. The van der Waals surface area contributed by atoms with Gasteiger partial charge in [-0.15, -0.1) is 0 Å². The van der Waals surface area contributed by atoms with E-state index >= 15 is 0 Å². The molecule has 0 bridgehead atoms. The second-order valence-electron chi connectivity index (χ2n) is 6.89. The maximum Gasteiger partial charge on any atom is 0.275 e. The molecule has 0 spiro atoms. The normalized spacial score (nSPS) is 11.4. The number of rotatable bonds is 7. The van der Waals surface area contributed by atoms with Gasteiger partial charge in [-0.3, -0.25) is 9.69 Å². The Kier molecular flexibility index (Phi) is 6.04. The van der Waals surface area contributed by atoms with Gasteiger partial charge in [0.15, 0.2) is 0 Å². The monoisotopic (exact) mass is 424 g/mol. The zero-order valence-corrected chi connectivity index (χ0v) is 17.7. The Morgan fingerprint density at radius 3 is 2.55 bits per heavy atom. The van der Waals surface area contributed by atoms with Gasteiger partial charge in [0.05, 0.1) is 5.69 Å². The van der Waals surface area contributed by atoms with Crippen LogP contribution in [0.15, 0.2) is 65.5 Å². The molecule has 0 aliphatic rings. The van der Waals surface area contributed by atoms with Crippen LogP contribution in [0.5, 0.6) is 0 Å². The van der Waals surface area contributed by atoms with Gasteiger partial charge < -0.3 is 0 Å². The fourth-order valence-electron chi connectivity index (χ4n) is 3.24. The van der Waals surface area contributed by atoms with E-state index in [9.17, 15) is 4.79 Å². The van der Waals surface area contributed by atoms with Gasteiger partial charge in [0.1, 0.15) is 5.01 Å². The second-order valence-corrected chi connectivity index (χ2v) is 8.28. The largest absolute Gasteiger partial charge is 0.293 e. The van der Waals surface area contributed by atoms with Crippen LogP contribution in [0.3, 0.4) is 0 Å². The molecule has 4 aromatic rings. The molecule has 5 nitrogen and oxygen atoms in total. The van der Waals surface area contributed by atoms with Gasteiger partial charge in [-0.2, -0.15) is 9.61 Å². The van der Waals surface area contributed by atoms with Crippen molar-refractivity contribution in [2.45, 2.75) is 26.4 Å². The van der Waals surface area contributed by atoms with Crippen LogP contribution in [0.4, 0.5) is 0 Å². The third kappa shape index (κ3) is 4.72. The lowest BCUT2D eigenvalue weighted by molar-refractivity contribution is 0.254. The number of aromatic nitrogens is 3. The molecule has 0 aliphatic heterocycles. The minimum atomic E-state index is -0.147. The number of nitrogens with zero attached hydrogens (tertiary/aromatic N) is 4. The van der Waals surface area contributed by atoms with Gasteiger partial charge in [-0.1, -0.05) is 72.3 Å². The highest BCUT2D eigenvalue weighted by Crippen LogP contribution is 2.24. The van der Waals surface area contributed by atoms with Crippen molar-refractivity contribution in [3.8, 4) is 10.6 Å². The van der Waals surface area contributed by atoms with Crippen molar-refractivity contribution in [1.29, 1.82) is 0 Å². The molecule has 2 aromatic carbocycles. The van der Waals surface area contributed by atoms with E-state index in [1.807, 2.05) is 54.6 Å². The molecular weight excluding hydrogens is 404 g/mol. The molecule has 2 heterocycles. The summed E-state index contributed by atoms with van der Waals surface area (Å²) in [5.41, 5.74) is 2.79. The molecule has 0 amide bonds. The van der Waals surface area contributed by atoms with Crippen molar-refractivity contribution in [3.05, 3.63) is 87.3 Å². The Hall–Kier alpha value is -2.54. The zero-order chi connectivity index (χ0) is 20.2. The number of hydrogen-bond donors (Lipinski definition) is 0. The highest BCUT2D eigenvalue weighted by atomic mass is 35.5. The van der Waals surface area contributed by atoms with Crippen LogP contribution in [0.1, 0.15) is 24.6 Å². The molecule has 0 unspecified atom stereocenters. The van der Waals surface area contributed by atoms with Crippen LogP contribution < -0.4 is 5.56 Å². The fraction of sp³-hybridized carbons (Fsp3) is 0.227. The molecule has 0 saturated carbocycles. The van der Waals surface area contributed by atoms with Crippen LogP contribution in [-0.2, 0) is 13.1 Å². The van der Waals surface area contributed by atoms with E-state index in [1.165, 1.54) is 21.4 Å². The van der Waals surface area contributed by atoms with E-state index in [-0.39, 0.29) is 5.56 Å². The number of fused-ring (bicyclic) bond motifs is 1. The van der Waals surface area contributed by atoms with Crippen LogP contribution in [0.2, 0.25) is 5.02 Å². The molecule has 4 rings (SSSR count). The van der Waals surface area contributed by atoms with Gasteiger partial charge >= 0.3 is 0 Å². The average molecular weight is 425 g/mol. The van der Waals surface area contributed by atoms with Gasteiger partial charge in [0.2, 0.25) is 4.96 Å². The molecule has 0 aliphatic carbocycles. The summed E-state index contributed by atoms with van der Waals surface area (Å²) in [6.07, 6.45) is 1.02. The summed E-state index contributed by atoms with van der Waals surface area (Å²) in [7, 11) is 0. The van der Waals surface area contributed by atoms with Crippen molar-refractivity contribution in [2.24, 2.45) is 0 Å². The smallest absolute Gasteiger partial charge is 0.275 e. The number of hydrogen-bond acceptors (Lipinski definition) is 5. The summed E-state index contributed by atoms with van der Waals surface area (Å²) >= 11 is 7.43. The molecular formula is C22H21ClN4OS. The lowest BCUT2D eigenvalue weighted by atomic mass is 10.2. The molecule has 29 heavy (non-hydrogen) atoms. The van der Waals surface area contributed by atoms with E-state index in [4.69, 9.17) is 16.6 Å². The van der Waals surface area contributed by atoms with Crippen molar-refractivity contribution in [2.75, 3.05) is 6.54 Å². The summed E-state index contributed by atoms with van der Waals surface area (Å²) in [4.78, 5) is 20.2. The predicted octanol–water partition coefficient (Wildman–Crippen LogP) is 4.88.